The molecule has 3 aliphatic rings. The van der Waals surface area contributed by atoms with Gasteiger partial charge in [0.05, 0.1) is 18.4 Å². The van der Waals surface area contributed by atoms with E-state index in [1.165, 1.54) is 11.3 Å². The Morgan fingerprint density at radius 1 is 1.22 bits per heavy atom. The number of carbonyl (C=O) groups is 1. The minimum absolute atomic E-state index is 0.0592. The van der Waals surface area contributed by atoms with Gasteiger partial charge in [0.25, 0.3) is 0 Å². The van der Waals surface area contributed by atoms with Crippen LogP contribution < -0.4 is 4.74 Å². The number of Topliss-reactive ketones (excluding diaryl/α,β-unsaturated/α-hetero) is 1. The zero-order valence-electron chi connectivity index (χ0n) is 21.8. The number of ketones is 1. The first-order valence-corrected chi connectivity index (χ1v) is 13.3. The molecule has 3 atom stereocenters. The van der Waals surface area contributed by atoms with E-state index in [1.807, 2.05) is 18.3 Å². The topological polar surface area (TPSA) is 82.4 Å². The number of aliphatic hydroxyl groups is 1. The number of fused-ring (bicyclic) bond motifs is 1. The summed E-state index contributed by atoms with van der Waals surface area (Å²) in [5, 5.41) is 20.9. The lowest BCUT2D eigenvalue weighted by Gasteiger charge is -2.24. The molecule has 2 heterocycles. The van der Waals surface area contributed by atoms with Crippen molar-refractivity contribution in [3.8, 4) is 11.5 Å². The van der Waals surface area contributed by atoms with E-state index in [0.29, 0.717) is 43.7 Å². The van der Waals surface area contributed by atoms with Gasteiger partial charge in [-0.3, -0.25) is 9.79 Å². The molecule has 0 aromatic heterocycles. The van der Waals surface area contributed by atoms with Gasteiger partial charge < -0.3 is 19.8 Å². The number of nitrogens with zero attached hydrogens (tertiary/aromatic N) is 2. The predicted molar refractivity (Wildman–Crippen MR) is 143 cm³/mol. The van der Waals surface area contributed by atoms with Gasteiger partial charge in [-0.2, -0.15) is 0 Å². The summed E-state index contributed by atoms with van der Waals surface area (Å²) in [6, 6.07) is 5.27. The van der Waals surface area contributed by atoms with Crippen molar-refractivity contribution in [3.63, 3.8) is 0 Å². The van der Waals surface area contributed by atoms with E-state index in [0.717, 1.165) is 37.0 Å². The number of phenols is 1. The van der Waals surface area contributed by atoms with E-state index in [2.05, 4.69) is 48.9 Å². The van der Waals surface area contributed by atoms with Crippen LogP contribution in [0.3, 0.4) is 0 Å². The summed E-state index contributed by atoms with van der Waals surface area (Å²) in [4.78, 5) is 19.2. The second-order valence-corrected chi connectivity index (χ2v) is 10.9. The van der Waals surface area contributed by atoms with E-state index in [1.54, 1.807) is 6.07 Å². The van der Waals surface area contributed by atoms with Crippen molar-refractivity contribution in [2.45, 2.75) is 71.8 Å². The van der Waals surface area contributed by atoms with Gasteiger partial charge in [0.1, 0.15) is 5.78 Å². The molecule has 0 saturated heterocycles. The summed E-state index contributed by atoms with van der Waals surface area (Å²) in [5.41, 5.74) is 4.46. The van der Waals surface area contributed by atoms with Crippen LogP contribution in [-0.4, -0.2) is 46.0 Å². The summed E-state index contributed by atoms with van der Waals surface area (Å²) in [6.45, 7) is 7.67. The summed E-state index contributed by atoms with van der Waals surface area (Å²) in [5.74, 6) is 1.80. The van der Waals surface area contributed by atoms with E-state index < -0.39 is 6.10 Å². The lowest BCUT2D eigenvalue weighted by molar-refractivity contribution is -0.121. The van der Waals surface area contributed by atoms with E-state index >= 15 is 0 Å². The van der Waals surface area contributed by atoms with Crippen molar-refractivity contribution < 1.29 is 19.7 Å². The average Bonchev–Trinajstić information content (AvgIpc) is 3.43. The fraction of sp³-hybridized carbons (Fsp3) is 0.533. The van der Waals surface area contributed by atoms with Crippen LogP contribution in [0.1, 0.15) is 64.9 Å². The lowest BCUT2D eigenvalue weighted by atomic mass is 9.84. The average molecular weight is 493 g/mol. The number of benzene rings is 1. The molecule has 0 bridgehead atoms. The Kier molecular flexibility index (Phi) is 8.68. The number of rotatable bonds is 12. The van der Waals surface area contributed by atoms with Crippen molar-refractivity contribution in [2.24, 2.45) is 22.7 Å². The number of ether oxygens (including phenoxy) is 1. The first-order valence-electron chi connectivity index (χ1n) is 13.3. The molecule has 1 aliphatic carbocycles. The quantitative estimate of drug-likeness (QED) is 0.374. The van der Waals surface area contributed by atoms with Crippen LogP contribution in [0.4, 0.5) is 0 Å². The van der Waals surface area contributed by atoms with Crippen molar-refractivity contribution in [1.29, 1.82) is 0 Å². The number of phenolic OH excluding ortho intramolecular Hbond substituents is 1. The van der Waals surface area contributed by atoms with Gasteiger partial charge in [-0.25, -0.2) is 0 Å². The van der Waals surface area contributed by atoms with Crippen molar-refractivity contribution in [2.75, 3.05) is 13.3 Å². The Bertz CT molecular complexity index is 1070. The molecular formula is C30H40N2O4. The van der Waals surface area contributed by atoms with E-state index in [-0.39, 0.29) is 23.9 Å². The van der Waals surface area contributed by atoms with Gasteiger partial charge >= 0.3 is 0 Å². The molecule has 1 aromatic rings. The molecule has 6 nitrogen and oxygen atoms in total. The SMILES string of the molecule is CC(C)CCC1=C2C=CN=C2CN1COc1cc(CCC(=O)C[C@H](O)[C@@H]2C=C[C@@H](C)CC2)ccc1O. The molecule has 0 amide bonds. The molecule has 36 heavy (non-hydrogen) atoms. The van der Waals surface area contributed by atoms with E-state index in [9.17, 15) is 15.0 Å². The fourth-order valence-electron chi connectivity index (χ4n) is 5.09. The predicted octanol–water partition coefficient (Wildman–Crippen LogP) is 5.56. The highest BCUT2D eigenvalue weighted by Crippen LogP contribution is 2.32. The Morgan fingerprint density at radius 3 is 2.81 bits per heavy atom. The molecular weight excluding hydrogens is 452 g/mol. The molecule has 194 valence electrons. The zero-order chi connectivity index (χ0) is 25.7. The van der Waals surface area contributed by atoms with Crippen LogP contribution >= 0.6 is 0 Å². The van der Waals surface area contributed by atoms with Crippen molar-refractivity contribution in [3.05, 3.63) is 59.5 Å². The normalized spacial score (nSPS) is 21.8. The monoisotopic (exact) mass is 492 g/mol. The maximum absolute atomic E-state index is 12.5. The summed E-state index contributed by atoms with van der Waals surface area (Å²) in [6.07, 6.45) is 12.7. The zero-order valence-corrected chi connectivity index (χ0v) is 21.8. The molecule has 0 spiro atoms. The molecule has 0 fully saturated rings. The third-order valence-electron chi connectivity index (χ3n) is 7.44. The number of hydrogen-bond donors (Lipinski definition) is 2. The molecule has 0 radical (unpaired) electrons. The van der Waals surface area contributed by atoms with E-state index in [4.69, 9.17) is 4.74 Å². The van der Waals surface area contributed by atoms with Crippen LogP contribution in [0.2, 0.25) is 0 Å². The second-order valence-electron chi connectivity index (χ2n) is 10.9. The standard InChI is InChI=1S/C30H40N2O4/c1-20(2)4-12-27-25-14-15-31-26(25)18-32(27)19-36-30-16-22(8-13-28(30)34)7-11-24(33)17-29(35)23-9-5-21(3)6-10-23/h5,8-9,13-16,20-21,23,29,34-35H,4,6-7,10-12,17-19H2,1-3H3/t21-,23-,29+/m1/s1. The van der Waals surface area contributed by atoms with Crippen molar-refractivity contribution in [1.82, 2.24) is 4.90 Å². The molecule has 2 aliphatic heterocycles. The number of aryl methyl sites for hydroxylation is 1. The van der Waals surface area contributed by atoms with Crippen LogP contribution in [-0.2, 0) is 11.2 Å². The number of aromatic hydroxyl groups is 1. The first-order chi connectivity index (χ1) is 17.3. The Morgan fingerprint density at radius 2 is 2.06 bits per heavy atom. The van der Waals surface area contributed by atoms with Gasteiger partial charge in [-0.1, -0.05) is 39.0 Å². The van der Waals surface area contributed by atoms with Crippen molar-refractivity contribution >= 4 is 11.5 Å². The number of carbonyl (C=O) groups excluding carboxylic acids is 1. The Balaban J connectivity index is 1.30. The largest absolute Gasteiger partial charge is 0.504 e. The molecule has 0 saturated carbocycles. The van der Waals surface area contributed by atoms with Crippen LogP contribution in [0, 0.1) is 17.8 Å². The fourth-order valence-corrected chi connectivity index (χ4v) is 5.09. The lowest BCUT2D eigenvalue weighted by Crippen LogP contribution is -2.27. The number of hydrogen-bond acceptors (Lipinski definition) is 6. The molecule has 6 heteroatoms. The maximum Gasteiger partial charge on any atom is 0.163 e. The van der Waals surface area contributed by atoms with Crippen LogP contribution in [0.15, 0.2) is 58.9 Å². The maximum atomic E-state index is 12.5. The Labute approximate surface area is 215 Å². The third-order valence-corrected chi connectivity index (χ3v) is 7.44. The van der Waals surface area contributed by atoms with Gasteiger partial charge in [-0.15, -0.1) is 0 Å². The molecule has 0 unspecified atom stereocenters. The third kappa shape index (κ3) is 6.67. The number of aliphatic hydroxyl groups excluding tert-OH is 1. The van der Waals surface area contributed by atoms with Gasteiger partial charge in [0, 0.05) is 36.2 Å². The molecule has 1 aromatic carbocycles. The van der Waals surface area contributed by atoms with Gasteiger partial charge in [0.15, 0.2) is 18.2 Å². The summed E-state index contributed by atoms with van der Waals surface area (Å²) in [7, 11) is 0. The highest BCUT2D eigenvalue weighted by Gasteiger charge is 2.28. The molecule has 2 N–H and O–H groups in total. The van der Waals surface area contributed by atoms with Crippen LogP contribution in [0.25, 0.3) is 0 Å². The number of aliphatic imine (C=N–C) groups is 1. The smallest absolute Gasteiger partial charge is 0.163 e. The summed E-state index contributed by atoms with van der Waals surface area (Å²) >= 11 is 0. The van der Waals surface area contributed by atoms with Gasteiger partial charge in [0.2, 0.25) is 0 Å². The highest BCUT2D eigenvalue weighted by atomic mass is 16.5. The highest BCUT2D eigenvalue weighted by molar-refractivity contribution is 6.08. The summed E-state index contributed by atoms with van der Waals surface area (Å²) < 4.78 is 6.05. The van der Waals surface area contributed by atoms with Crippen LogP contribution in [0.5, 0.6) is 11.5 Å². The first kappa shape index (κ1) is 26.2. The second kappa shape index (κ2) is 11.9. The molecule has 4 rings (SSSR count). The minimum Gasteiger partial charge on any atom is -0.504 e. The minimum atomic E-state index is -0.613. The Hall–Kier alpha value is -2.86. The van der Waals surface area contributed by atoms with Gasteiger partial charge in [-0.05, 0) is 67.7 Å². The number of allylic oxidation sites excluding steroid dienone is 3.